The van der Waals surface area contributed by atoms with Crippen LogP contribution in [0.1, 0.15) is 37.3 Å². The number of rotatable bonds is 4. The fourth-order valence-corrected chi connectivity index (χ4v) is 3.84. The molecule has 0 unspecified atom stereocenters. The summed E-state index contributed by atoms with van der Waals surface area (Å²) in [5.41, 5.74) is 5.06. The van der Waals surface area contributed by atoms with Gasteiger partial charge in [-0.05, 0) is 48.6 Å². The zero-order chi connectivity index (χ0) is 17.2. The third-order valence-corrected chi connectivity index (χ3v) is 5.29. The van der Waals surface area contributed by atoms with Gasteiger partial charge in [0.1, 0.15) is 12.4 Å². The van der Waals surface area contributed by atoms with Gasteiger partial charge in [0.05, 0.1) is 0 Å². The highest BCUT2D eigenvalue weighted by Crippen LogP contribution is 2.35. The molecule has 2 aliphatic rings. The summed E-state index contributed by atoms with van der Waals surface area (Å²) in [6.45, 7) is 3.53. The van der Waals surface area contributed by atoms with Crippen LogP contribution in [0.15, 0.2) is 60.2 Å². The second-order valence-electron chi connectivity index (χ2n) is 6.98. The molecule has 1 atom stereocenters. The lowest BCUT2D eigenvalue weighted by Crippen LogP contribution is -2.37. The SMILES string of the molecule is CC1=C(c2ccc(OCc3ccccc3)cc2)CN2C(=O)CC[C@H]2C1. The number of nitrogens with zero attached hydrogens (tertiary/aromatic N) is 1. The molecule has 0 saturated carbocycles. The lowest BCUT2D eigenvalue weighted by Gasteiger charge is -2.32. The van der Waals surface area contributed by atoms with Crippen LogP contribution in [0.25, 0.3) is 5.57 Å². The molecule has 0 N–H and O–H groups in total. The van der Waals surface area contributed by atoms with E-state index in [0.29, 0.717) is 25.0 Å². The van der Waals surface area contributed by atoms with Crippen molar-refractivity contribution in [3.63, 3.8) is 0 Å². The van der Waals surface area contributed by atoms with Gasteiger partial charge < -0.3 is 9.64 Å². The van der Waals surface area contributed by atoms with Crippen LogP contribution in [0.5, 0.6) is 5.75 Å². The van der Waals surface area contributed by atoms with Crippen molar-refractivity contribution in [2.45, 2.75) is 38.8 Å². The van der Waals surface area contributed by atoms with E-state index in [0.717, 1.165) is 30.7 Å². The van der Waals surface area contributed by atoms with Crippen molar-refractivity contribution in [1.29, 1.82) is 0 Å². The maximum absolute atomic E-state index is 12.0. The molecule has 0 radical (unpaired) electrons. The Kier molecular flexibility index (Phi) is 4.31. The van der Waals surface area contributed by atoms with Gasteiger partial charge in [0.15, 0.2) is 0 Å². The maximum atomic E-state index is 12.0. The van der Waals surface area contributed by atoms with E-state index >= 15 is 0 Å². The van der Waals surface area contributed by atoms with Gasteiger partial charge in [-0.25, -0.2) is 0 Å². The molecule has 0 aliphatic carbocycles. The minimum Gasteiger partial charge on any atom is -0.489 e. The molecule has 128 valence electrons. The van der Waals surface area contributed by atoms with Crippen molar-refractivity contribution < 1.29 is 9.53 Å². The highest BCUT2D eigenvalue weighted by Gasteiger charge is 2.35. The summed E-state index contributed by atoms with van der Waals surface area (Å²) >= 11 is 0. The van der Waals surface area contributed by atoms with Gasteiger partial charge in [-0.2, -0.15) is 0 Å². The van der Waals surface area contributed by atoms with E-state index in [1.165, 1.54) is 16.7 Å². The molecule has 0 aromatic heterocycles. The minimum atomic E-state index is 0.304. The second kappa shape index (κ2) is 6.75. The monoisotopic (exact) mass is 333 g/mol. The topological polar surface area (TPSA) is 29.5 Å². The van der Waals surface area contributed by atoms with Gasteiger partial charge in [0, 0.05) is 19.0 Å². The molecule has 2 aliphatic heterocycles. The number of fused-ring (bicyclic) bond motifs is 1. The average molecular weight is 333 g/mol. The highest BCUT2D eigenvalue weighted by molar-refractivity contribution is 5.83. The normalized spacial score (nSPS) is 20.0. The number of carbonyl (C=O) groups is 1. The summed E-state index contributed by atoms with van der Waals surface area (Å²) in [5, 5.41) is 0. The molecule has 1 fully saturated rings. The van der Waals surface area contributed by atoms with E-state index < -0.39 is 0 Å². The molecular formula is C22H23NO2. The molecule has 2 heterocycles. The van der Waals surface area contributed by atoms with E-state index in [-0.39, 0.29) is 0 Å². The van der Waals surface area contributed by atoms with Crippen LogP contribution in [0.3, 0.4) is 0 Å². The molecule has 25 heavy (non-hydrogen) atoms. The average Bonchev–Trinajstić information content (AvgIpc) is 3.00. The van der Waals surface area contributed by atoms with Gasteiger partial charge in [0.25, 0.3) is 0 Å². The van der Waals surface area contributed by atoms with Crippen molar-refractivity contribution in [3.05, 3.63) is 71.3 Å². The number of benzene rings is 2. The Hall–Kier alpha value is -2.55. The first-order valence-corrected chi connectivity index (χ1v) is 8.96. The number of carbonyl (C=O) groups excluding carboxylic acids is 1. The molecule has 1 saturated heterocycles. The van der Waals surface area contributed by atoms with E-state index in [4.69, 9.17) is 4.74 Å². The summed E-state index contributed by atoms with van der Waals surface area (Å²) in [6, 6.07) is 18.9. The fourth-order valence-electron chi connectivity index (χ4n) is 3.84. The van der Waals surface area contributed by atoms with Gasteiger partial charge >= 0.3 is 0 Å². The van der Waals surface area contributed by atoms with E-state index in [9.17, 15) is 4.79 Å². The Labute approximate surface area is 148 Å². The zero-order valence-electron chi connectivity index (χ0n) is 14.6. The molecule has 2 aromatic carbocycles. The van der Waals surface area contributed by atoms with Crippen LogP contribution in [-0.4, -0.2) is 23.4 Å². The zero-order valence-corrected chi connectivity index (χ0v) is 14.6. The molecule has 4 rings (SSSR count). The second-order valence-corrected chi connectivity index (χ2v) is 6.98. The van der Waals surface area contributed by atoms with Crippen LogP contribution >= 0.6 is 0 Å². The lowest BCUT2D eigenvalue weighted by molar-refractivity contribution is -0.128. The Morgan fingerprint density at radius 3 is 2.60 bits per heavy atom. The number of hydrogen-bond acceptors (Lipinski definition) is 2. The van der Waals surface area contributed by atoms with E-state index in [2.05, 4.69) is 36.1 Å². The number of ether oxygens (including phenoxy) is 1. The summed E-state index contributed by atoms with van der Waals surface area (Å²) < 4.78 is 5.87. The fraction of sp³-hybridized carbons (Fsp3) is 0.318. The molecule has 3 heteroatoms. The van der Waals surface area contributed by atoms with Crippen LogP contribution < -0.4 is 4.74 Å². The van der Waals surface area contributed by atoms with E-state index in [1.54, 1.807) is 0 Å². The van der Waals surface area contributed by atoms with Crippen molar-refractivity contribution in [2.75, 3.05) is 6.54 Å². The van der Waals surface area contributed by atoms with Crippen LogP contribution in [0.2, 0.25) is 0 Å². The van der Waals surface area contributed by atoms with Crippen LogP contribution in [0, 0.1) is 0 Å². The number of hydrogen-bond donors (Lipinski definition) is 0. The first-order chi connectivity index (χ1) is 12.2. The summed E-state index contributed by atoms with van der Waals surface area (Å²) in [5.74, 6) is 1.18. The third kappa shape index (κ3) is 3.32. The quantitative estimate of drug-likeness (QED) is 0.828. The predicted molar refractivity (Wildman–Crippen MR) is 99.2 cm³/mol. The minimum absolute atomic E-state index is 0.304. The first kappa shape index (κ1) is 15.9. The Bertz CT molecular complexity index is 793. The summed E-state index contributed by atoms with van der Waals surface area (Å²) in [4.78, 5) is 14.1. The van der Waals surface area contributed by atoms with E-state index in [1.807, 2.05) is 30.3 Å². The molecule has 1 amide bonds. The lowest BCUT2D eigenvalue weighted by atomic mass is 9.91. The van der Waals surface area contributed by atoms with Gasteiger partial charge in [0.2, 0.25) is 5.91 Å². The van der Waals surface area contributed by atoms with Crippen LogP contribution in [0.4, 0.5) is 0 Å². The van der Waals surface area contributed by atoms with Gasteiger partial charge in [-0.3, -0.25) is 4.79 Å². The van der Waals surface area contributed by atoms with Crippen molar-refractivity contribution in [2.24, 2.45) is 0 Å². The Morgan fingerprint density at radius 2 is 1.84 bits per heavy atom. The summed E-state index contributed by atoms with van der Waals surface area (Å²) in [7, 11) is 0. The first-order valence-electron chi connectivity index (χ1n) is 8.96. The largest absolute Gasteiger partial charge is 0.489 e. The summed E-state index contributed by atoms with van der Waals surface area (Å²) in [6.07, 6.45) is 2.72. The Morgan fingerprint density at radius 1 is 1.08 bits per heavy atom. The van der Waals surface area contributed by atoms with Crippen LogP contribution in [-0.2, 0) is 11.4 Å². The predicted octanol–water partition coefficient (Wildman–Crippen LogP) is 4.43. The smallest absolute Gasteiger partial charge is 0.223 e. The molecule has 3 nitrogen and oxygen atoms in total. The molecular weight excluding hydrogens is 310 g/mol. The Balaban J connectivity index is 1.46. The van der Waals surface area contributed by atoms with Crippen molar-refractivity contribution in [3.8, 4) is 5.75 Å². The highest BCUT2D eigenvalue weighted by atomic mass is 16.5. The standard InChI is InChI=1S/C22H23NO2/c1-16-13-19-9-12-22(24)23(19)14-21(16)18-7-10-20(11-8-18)25-15-17-5-3-2-4-6-17/h2-8,10-11,19H,9,12-15H2,1H3/t19-/m0/s1. The third-order valence-electron chi connectivity index (χ3n) is 5.29. The molecule has 2 aromatic rings. The molecule has 0 bridgehead atoms. The van der Waals surface area contributed by atoms with Crippen molar-refractivity contribution >= 4 is 11.5 Å². The van der Waals surface area contributed by atoms with Gasteiger partial charge in [-0.1, -0.05) is 48.0 Å². The van der Waals surface area contributed by atoms with Gasteiger partial charge in [-0.15, -0.1) is 0 Å². The number of amides is 1. The molecule has 0 spiro atoms. The van der Waals surface area contributed by atoms with Crippen molar-refractivity contribution in [1.82, 2.24) is 4.90 Å². The maximum Gasteiger partial charge on any atom is 0.223 e.